The van der Waals surface area contributed by atoms with E-state index >= 15 is 0 Å². The number of piperazine rings is 1. The largest absolute Gasteiger partial charge is 0.466 e. The van der Waals surface area contributed by atoms with Crippen LogP contribution in [0.4, 0.5) is 5.13 Å². The summed E-state index contributed by atoms with van der Waals surface area (Å²) < 4.78 is 4.94. The molecule has 1 saturated heterocycles. The van der Waals surface area contributed by atoms with Crippen LogP contribution >= 0.6 is 11.3 Å². The highest BCUT2D eigenvalue weighted by Gasteiger charge is 2.23. The molecule has 0 radical (unpaired) electrons. The lowest BCUT2D eigenvalue weighted by Gasteiger charge is -2.38. The maximum absolute atomic E-state index is 11.4. The lowest BCUT2D eigenvalue weighted by molar-refractivity contribution is -0.143. The number of carbonyl (C=O) groups is 1. The molecule has 5 nitrogen and oxygen atoms in total. The highest BCUT2D eigenvalue weighted by Crippen LogP contribution is 2.25. The van der Waals surface area contributed by atoms with E-state index in [2.05, 4.69) is 34.1 Å². The fraction of sp³-hybridized carbons (Fsp3) is 0.714. The molecule has 1 fully saturated rings. The Kier molecular flexibility index (Phi) is 5.37. The van der Waals surface area contributed by atoms with Crippen molar-refractivity contribution in [3.8, 4) is 0 Å². The average molecular weight is 297 g/mol. The Morgan fingerprint density at radius 3 is 3.05 bits per heavy atom. The number of rotatable bonds is 5. The Labute approximate surface area is 124 Å². The minimum absolute atomic E-state index is 0.144. The van der Waals surface area contributed by atoms with Crippen molar-refractivity contribution in [3.63, 3.8) is 0 Å². The number of carbonyl (C=O) groups excluding carboxylic acids is 1. The minimum Gasteiger partial charge on any atom is -0.466 e. The van der Waals surface area contributed by atoms with E-state index in [0.717, 1.165) is 30.5 Å². The normalized spacial score (nSPS) is 20.1. The molecular weight excluding hydrogens is 274 g/mol. The molecule has 1 unspecified atom stereocenters. The molecular formula is C14H23N3O2S. The van der Waals surface area contributed by atoms with Crippen molar-refractivity contribution in [1.82, 2.24) is 9.88 Å². The quantitative estimate of drug-likeness (QED) is 0.775. The summed E-state index contributed by atoms with van der Waals surface area (Å²) in [5.74, 6) is -0.144. The average Bonchev–Trinajstić information content (AvgIpc) is 2.85. The molecule has 2 heterocycles. The van der Waals surface area contributed by atoms with Crippen molar-refractivity contribution in [1.29, 1.82) is 0 Å². The van der Waals surface area contributed by atoms with Crippen LogP contribution in [-0.4, -0.2) is 55.2 Å². The maximum atomic E-state index is 11.4. The molecule has 1 aromatic heterocycles. The molecule has 0 aromatic carbocycles. The molecule has 1 atom stereocenters. The van der Waals surface area contributed by atoms with Gasteiger partial charge in [-0.15, -0.1) is 11.3 Å². The van der Waals surface area contributed by atoms with Crippen LogP contribution in [0.5, 0.6) is 0 Å². The summed E-state index contributed by atoms with van der Waals surface area (Å²) >= 11 is 1.67. The van der Waals surface area contributed by atoms with E-state index in [9.17, 15) is 4.79 Å². The molecule has 6 heteroatoms. The number of anilines is 1. The molecule has 112 valence electrons. The second kappa shape index (κ2) is 7.04. The second-order valence-electron chi connectivity index (χ2n) is 5.23. The zero-order chi connectivity index (χ0) is 14.5. The highest BCUT2D eigenvalue weighted by molar-refractivity contribution is 7.13. The van der Waals surface area contributed by atoms with E-state index in [1.165, 1.54) is 0 Å². The smallest absolute Gasteiger partial charge is 0.306 e. The zero-order valence-corrected chi connectivity index (χ0v) is 13.3. The van der Waals surface area contributed by atoms with Gasteiger partial charge in [-0.05, 0) is 20.9 Å². The second-order valence-corrected chi connectivity index (χ2v) is 6.07. The molecule has 0 N–H and O–H groups in total. The van der Waals surface area contributed by atoms with Gasteiger partial charge in [0, 0.05) is 37.5 Å². The predicted molar refractivity (Wildman–Crippen MR) is 81.4 cm³/mol. The number of ether oxygens (including phenoxy) is 1. The lowest BCUT2D eigenvalue weighted by atomic mass is 10.2. The number of hydrogen-bond acceptors (Lipinski definition) is 6. The van der Waals surface area contributed by atoms with Gasteiger partial charge in [0.05, 0.1) is 18.7 Å². The van der Waals surface area contributed by atoms with Gasteiger partial charge in [-0.3, -0.25) is 4.79 Å². The Hall–Kier alpha value is -1.14. The van der Waals surface area contributed by atoms with E-state index in [1.807, 2.05) is 6.92 Å². The Balaban J connectivity index is 1.90. The SMILES string of the molecule is CCOC(=O)CCc1csc(N2CCN(C)CC2C)n1. The van der Waals surface area contributed by atoms with Crippen LogP contribution < -0.4 is 4.90 Å². The van der Waals surface area contributed by atoms with Crippen LogP contribution in [0.25, 0.3) is 0 Å². The third-order valence-corrected chi connectivity index (χ3v) is 4.43. The third kappa shape index (κ3) is 3.93. The van der Waals surface area contributed by atoms with E-state index in [1.54, 1.807) is 11.3 Å². The van der Waals surface area contributed by atoms with Crippen LogP contribution in [0.3, 0.4) is 0 Å². The molecule has 1 aromatic rings. The summed E-state index contributed by atoms with van der Waals surface area (Å²) in [5, 5.41) is 3.13. The van der Waals surface area contributed by atoms with E-state index in [-0.39, 0.29) is 5.97 Å². The lowest BCUT2D eigenvalue weighted by Crippen LogP contribution is -2.50. The van der Waals surface area contributed by atoms with Crippen molar-refractivity contribution >= 4 is 22.4 Å². The zero-order valence-electron chi connectivity index (χ0n) is 12.5. The van der Waals surface area contributed by atoms with Gasteiger partial charge in [-0.1, -0.05) is 0 Å². The van der Waals surface area contributed by atoms with Gasteiger partial charge in [-0.25, -0.2) is 4.98 Å². The maximum Gasteiger partial charge on any atom is 0.306 e. The fourth-order valence-electron chi connectivity index (χ4n) is 2.43. The third-order valence-electron chi connectivity index (χ3n) is 3.51. The summed E-state index contributed by atoms with van der Waals surface area (Å²) in [5.41, 5.74) is 0.990. The van der Waals surface area contributed by atoms with Crippen LogP contribution in [0.2, 0.25) is 0 Å². The molecule has 1 aliphatic rings. The van der Waals surface area contributed by atoms with E-state index < -0.39 is 0 Å². The van der Waals surface area contributed by atoms with Gasteiger partial charge in [0.1, 0.15) is 0 Å². The van der Waals surface area contributed by atoms with E-state index in [0.29, 0.717) is 25.5 Å². The van der Waals surface area contributed by atoms with Crippen molar-refractivity contribution in [2.75, 3.05) is 38.2 Å². The first-order valence-corrected chi connectivity index (χ1v) is 8.03. The van der Waals surface area contributed by atoms with Crippen molar-refractivity contribution in [2.24, 2.45) is 0 Å². The van der Waals surface area contributed by atoms with Crippen molar-refractivity contribution < 1.29 is 9.53 Å². The van der Waals surface area contributed by atoms with Crippen LogP contribution in [0.15, 0.2) is 5.38 Å². The van der Waals surface area contributed by atoms with E-state index in [4.69, 9.17) is 4.74 Å². The van der Waals surface area contributed by atoms with Gasteiger partial charge in [-0.2, -0.15) is 0 Å². The topological polar surface area (TPSA) is 45.7 Å². The van der Waals surface area contributed by atoms with Gasteiger partial charge >= 0.3 is 5.97 Å². The number of likely N-dealkylation sites (N-methyl/N-ethyl adjacent to an activating group) is 1. The van der Waals surface area contributed by atoms with Crippen LogP contribution in [0.1, 0.15) is 26.0 Å². The number of aromatic nitrogens is 1. The van der Waals surface area contributed by atoms with Gasteiger partial charge < -0.3 is 14.5 Å². The number of esters is 1. The van der Waals surface area contributed by atoms with Gasteiger partial charge in [0.2, 0.25) is 0 Å². The van der Waals surface area contributed by atoms with Gasteiger partial charge in [0.25, 0.3) is 0 Å². The Morgan fingerprint density at radius 1 is 1.55 bits per heavy atom. The first-order valence-electron chi connectivity index (χ1n) is 7.15. The van der Waals surface area contributed by atoms with Crippen molar-refractivity contribution in [2.45, 2.75) is 32.7 Å². The predicted octanol–water partition coefficient (Wildman–Crippen LogP) is 1.78. The summed E-state index contributed by atoms with van der Waals surface area (Å²) in [7, 11) is 2.15. The number of aryl methyl sites for hydroxylation is 1. The Morgan fingerprint density at radius 2 is 2.35 bits per heavy atom. The summed E-state index contributed by atoms with van der Waals surface area (Å²) in [6.07, 6.45) is 1.08. The molecule has 20 heavy (non-hydrogen) atoms. The highest BCUT2D eigenvalue weighted by atomic mass is 32.1. The first kappa shape index (κ1) is 15.3. The molecule has 1 aliphatic heterocycles. The monoisotopic (exact) mass is 297 g/mol. The molecule has 0 bridgehead atoms. The molecule has 0 saturated carbocycles. The van der Waals surface area contributed by atoms with Crippen LogP contribution in [-0.2, 0) is 16.0 Å². The number of thiazole rings is 1. The summed E-state index contributed by atoms with van der Waals surface area (Å²) in [6, 6.07) is 0.484. The molecule has 0 amide bonds. The summed E-state index contributed by atoms with van der Waals surface area (Å²) in [4.78, 5) is 20.7. The van der Waals surface area contributed by atoms with Crippen LogP contribution in [0, 0.1) is 0 Å². The Bertz CT molecular complexity index is 449. The number of hydrogen-bond donors (Lipinski definition) is 0. The standard InChI is InChI=1S/C14H23N3O2S/c1-4-19-13(18)6-5-12-10-20-14(15-12)17-8-7-16(3)9-11(17)2/h10-11H,4-9H2,1-3H3. The molecule has 0 aliphatic carbocycles. The summed E-state index contributed by atoms with van der Waals surface area (Å²) in [6.45, 7) is 7.66. The molecule has 2 rings (SSSR count). The van der Waals surface area contributed by atoms with Crippen molar-refractivity contribution in [3.05, 3.63) is 11.1 Å². The minimum atomic E-state index is -0.144. The van der Waals surface area contributed by atoms with Gasteiger partial charge in [0.15, 0.2) is 5.13 Å². The first-order chi connectivity index (χ1) is 9.60. The fourth-order valence-corrected chi connectivity index (χ4v) is 3.42. The molecule has 0 spiro atoms. The number of nitrogens with zero attached hydrogens (tertiary/aromatic N) is 3.